The number of nitrogens with one attached hydrogen (secondary N) is 3. The number of H-pyrrole nitrogens is 1. The molecule has 3 aromatic rings. The lowest BCUT2D eigenvalue weighted by molar-refractivity contribution is -0.192. The number of alkyl halides is 3. The van der Waals surface area contributed by atoms with Gasteiger partial charge in [0.2, 0.25) is 5.65 Å². The zero-order valence-electron chi connectivity index (χ0n) is 15.8. The third kappa shape index (κ3) is 4.83. The number of carboxylic acids is 1. The number of hydrogen-bond donors (Lipinski definition) is 5. The van der Waals surface area contributed by atoms with Crippen molar-refractivity contribution in [2.75, 3.05) is 18.4 Å². The molecule has 9 nitrogen and oxygen atoms in total. The van der Waals surface area contributed by atoms with Gasteiger partial charge in [0.1, 0.15) is 0 Å². The molecule has 31 heavy (non-hydrogen) atoms. The summed E-state index contributed by atoms with van der Waals surface area (Å²) in [6.07, 6.45) is -0.893. The molecule has 0 saturated carbocycles. The first kappa shape index (κ1) is 22.2. The van der Waals surface area contributed by atoms with Crippen LogP contribution in [0.1, 0.15) is 11.3 Å². The number of rotatable bonds is 3. The normalized spacial score (nSPS) is 11.9. The summed E-state index contributed by atoms with van der Waals surface area (Å²) in [5, 5.41) is 13.8. The fourth-order valence-electron chi connectivity index (χ4n) is 3.05. The predicted molar refractivity (Wildman–Crippen MR) is 111 cm³/mol. The van der Waals surface area contributed by atoms with Crippen LogP contribution in [0, 0.1) is 0 Å². The second kappa shape index (κ2) is 8.73. The van der Waals surface area contributed by atoms with E-state index < -0.39 is 12.1 Å². The smallest absolute Gasteiger partial charge is 0.475 e. The van der Waals surface area contributed by atoms with Gasteiger partial charge < -0.3 is 26.5 Å². The maximum absolute atomic E-state index is 12.1. The van der Waals surface area contributed by atoms with E-state index in [0.717, 1.165) is 34.6 Å². The van der Waals surface area contributed by atoms with E-state index in [1.165, 1.54) is 0 Å². The van der Waals surface area contributed by atoms with Crippen LogP contribution < -0.4 is 21.9 Å². The second-order valence-electron chi connectivity index (χ2n) is 6.42. The zero-order valence-corrected chi connectivity index (χ0v) is 16.6. The molecular weight excluding hydrogens is 437 g/mol. The van der Waals surface area contributed by atoms with Gasteiger partial charge >= 0.3 is 12.1 Å². The van der Waals surface area contributed by atoms with E-state index in [2.05, 4.69) is 20.6 Å². The molecule has 0 atom stereocenters. The van der Waals surface area contributed by atoms with Crippen LogP contribution in [0.5, 0.6) is 0 Å². The van der Waals surface area contributed by atoms with E-state index in [0.29, 0.717) is 23.8 Å². The molecule has 0 unspecified atom stereocenters. The molecular formula is C18H17F3N6O3S. The summed E-state index contributed by atoms with van der Waals surface area (Å²) in [7, 11) is 0. The van der Waals surface area contributed by atoms with Crippen molar-refractivity contribution >= 4 is 34.6 Å². The average Bonchev–Trinajstić information content (AvgIpc) is 3.31. The van der Waals surface area contributed by atoms with E-state index in [1.807, 2.05) is 28.8 Å². The van der Waals surface area contributed by atoms with Crippen molar-refractivity contribution in [2.45, 2.75) is 12.6 Å². The van der Waals surface area contributed by atoms with E-state index in [4.69, 9.17) is 27.9 Å². The van der Waals surface area contributed by atoms with Gasteiger partial charge in [0.25, 0.3) is 5.56 Å². The molecule has 1 aromatic carbocycles. The maximum Gasteiger partial charge on any atom is 0.490 e. The van der Waals surface area contributed by atoms with Crippen LogP contribution in [-0.4, -0.2) is 49.8 Å². The predicted octanol–water partition coefficient (Wildman–Crippen LogP) is 1.47. The Morgan fingerprint density at radius 1 is 1.39 bits per heavy atom. The highest BCUT2D eigenvalue weighted by atomic mass is 32.1. The van der Waals surface area contributed by atoms with Crippen LogP contribution in [0.4, 0.5) is 18.9 Å². The van der Waals surface area contributed by atoms with Crippen molar-refractivity contribution in [3.63, 3.8) is 0 Å². The lowest BCUT2D eigenvalue weighted by atomic mass is 10.1. The van der Waals surface area contributed by atoms with Crippen LogP contribution in [0.15, 0.2) is 35.4 Å². The summed E-state index contributed by atoms with van der Waals surface area (Å²) >= 11 is 5.23. The summed E-state index contributed by atoms with van der Waals surface area (Å²) in [6.45, 7) is 1.15. The van der Waals surface area contributed by atoms with Crippen LogP contribution >= 0.6 is 12.2 Å². The molecule has 0 spiro atoms. The topological polar surface area (TPSA) is 138 Å². The molecule has 0 amide bonds. The Labute approximate surface area is 178 Å². The van der Waals surface area contributed by atoms with Crippen LogP contribution in [0.25, 0.3) is 16.9 Å². The van der Waals surface area contributed by atoms with Gasteiger partial charge in [0.15, 0.2) is 5.11 Å². The fraction of sp³-hybridized carbons (Fsp3) is 0.222. The van der Waals surface area contributed by atoms with E-state index in [1.54, 1.807) is 6.20 Å². The third-order valence-corrected chi connectivity index (χ3v) is 4.57. The highest BCUT2D eigenvalue weighted by Gasteiger charge is 2.38. The average molecular weight is 454 g/mol. The fourth-order valence-corrected chi connectivity index (χ4v) is 3.27. The van der Waals surface area contributed by atoms with Gasteiger partial charge in [0, 0.05) is 43.2 Å². The number of fused-ring (bicyclic) bond motifs is 5. The number of aromatic amines is 1. The van der Waals surface area contributed by atoms with Crippen molar-refractivity contribution < 1.29 is 23.1 Å². The number of imidazole rings is 1. The monoisotopic (exact) mass is 454 g/mol. The minimum Gasteiger partial charge on any atom is -0.475 e. The van der Waals surface area contributed by atoms with Crippen molar-refractivity contribution in [1.82, 2.24) is 19.7 Å². The summed E-state index contributed by atoms with van der Waals surface area (Å²) in [6, 6.07) is 5.99. The third-order valence-electron chi connectivity index (χ3n) is 4.32. The zero-order chi connectivity index (χ0) is 22.8. The molecule has 0 fully saturated rings. The Morgan fingerprint density at radius 2 is 2.10 bits per heavy atom. The standard InChI is InChI=1S/C16H16N6OS.C2HF3O2/c17-3-4-19-16(24)20-10-1-2-11-9(7-10)8-12-13(11)21-15(23)14-18-5-6-22(12)14;3-2(4,5)1(6)7/h1-2,5-7H,3-4,8,17H2,(H,21,23)(H2,19,20,24);(H,6,7). The number of aromatic nitrogens is 3. The van der Waals surface area contributed by atoms with Gasteiger partial charge in [-0.2, -0.15) is 13.2 Å². The number of carboxylic acid groups (broad SMARTS) is 1. The molecule has 0 aliphatic heterocycles. The minimum atomic E-state index is -5.08. The quantitative estimate of drug-likeness (QED) is 0.294. The number of halogens is 3. The van der Waals surface area contributed by atoms with Gasteiger partial charge in [-0.25, -0.2) is 9.78 Å². The van der Waals surface area contributed by atoms with Crippen molar-refractivity contribution in [3.05, 3.63) is 52.2 Å². The van der Waals surface area contributed by atoms with E-state index in [-0.39, 0.29) is 5.56 Å². The first-order chi connectivity index (χ1) is 14.6. The number of hydrogen-bond acceptors (Lipinski definition) is 5. The first-order valence-corrected chi connectivity index (χ1v) is 9.29. The number of nitrogens with zero attached hydrogens (tertiary/aromatic N) is 2. The molecule has 1 aliphatic rings. The molecule has 1 aliphatic carbocycles. The Balaban J connectivity index is 0.000000339. The largest absolute Gasteiger partial charge is 0.490 e. The Kier molecular flexibility index (Phi) is 6.27. The van der Waals surface area contributed by atoms with Gasteiger partial charge in [0.05, 0.1) is 11.4 Å². The van der Waals surface area contributed by atoms with Gasteiger partial charge in [-0.05, 0) is 29.9 Å². The molecule has 6 N–H and O–H groups in total. The molecule has 164 valence electrons. The van der Waals surface area contributed by atoms with Crippen molar-refractivity contribution in [1.29, 1.82) is 0 Å². The Morgan fingerprint density at radius 3 is 2.74 bits per heavy atom. The SMILES string of the molecule is NCCNC(=S)Nc1ccc2c(c1)Cc1c-2[nH]c(=O)c2nccn12.O=C(O)C(F)(F)F. The first-order valence-electron chi connectivity index (χ1n) is 8.88. The van der Waals surface area contributed by atoms with Gasteiger partial charge in [-0.3, -0.25) is 9.20 Å². The number of carbonyl (C=O) groups is 1. The van der Waals surface area contributed by atoms with Gasteiger partial charge in [-0.1, -0.05) is 6.07 Å². The van der Waals surface area contributed by atoms with E-state index >= 15 is 0 Å². The number of thiocarbonyl (C=S) groups is 1. The summed E-state index contributed by atoms with van der Waals surface area (Å²) in [4.78, 5) is 28.1. The minimum absolute atomic E-state index is 0.180. The Bertz CT molecular complexity index is 1200. The van der Waals surface area contributed by atoms with Crippen molar-refractivity contribution in [3.8, 4) is 11.3 Å². The summed E-state index contributed by atoms with van der Waals surface area (Å²) in [5.41, 5.74) is 10.7. The molecule has 0 radical (unpaired) electrons. The maximum atomic E-state index is 12.1. The molecule has 13 heteroatoms. The molecule has 4 rings (SSSR count). The number of anilines is 1. The van der Waals surface area contributed by atoms with Crippen LogP contribution in [-0.2, 0) is 11.2 Å². The molecule has 2 heterocycles. The highest BCUT2D eigenvalue weighted by Crippen LogP contribution is 2.35. The number of benzene rings is 1. The number of nitrogens with two attached hydrogens (primary N) is 1. The summed E-state index contributed by atoms with van der Waals surface area (Å²) in [5.74, 6) is -2.76. The molecule has 0 bridgehead atoms. The highest BCUT2D eigenvalue weighted by molar-refractivity contribution is 7.80. The summed E-state index contributed by atoms with van der Waals surface area (Å²) < 4.78 is 33.6. The van der Waals surface area contributed by atoms with Crippen molar-refractivity contribution in [2.24, 2.45) is 5.73 Å². The molecule has 0 saturated heterocycles. The lowest BCUT2D eigenvalue weighted by Gasteiger charge is -2.10. The van der Waals surface area contributed by atoms with Gasteiger partial charge in [-0.15, -0.1) is 0 Å². The van der Waals surface area contributed by atoms with Crippen LogP contribution in [0.3, 0.4) is 0 Å². The lowest BCUT2D eigenvalue weighted by Crippen LogP contribution is -2.32. The number of aliphatic carboxylic acids is 1. The second-order valence-corrected chi connectivity index (χ2v) is 6.83. The van der Waals surface area contributed by atoms with E-state index in [9.17, 15) is 18.0 Å². The molecule has 2 aromatic heterocycles. The Hall–Kier alpha value is -3.45. The van der Waals surface area contributed by atoms with Crippen LogP contribution in [0.2, 0.25) is 0 Å².